The van der Waals surface area contributed by atoms with E-state index >= 15 is 0 Å². The summed E-state index contributed by atoms with van der Waals surface area (Å²) in [6.07, 6.45) is 2.19. The van der Waals surface area contributed by atoms with Crippen LogP contribution in [-0.4, -0.2) is 22.9 Å². The van der Waals surface area contributed by atoms with Gasteiger partial charge in [-0.25, -0.2) is 4.79 Å². The van der Waals surface area contributed by atoms with Crippen LogP contribution in [0.1, 0.15) is 51.9 Å². The lowest BCUT2D eigenvalue weighted by atomic mass is 9.91. The van der Waals surface area contributed by atoms with Crippen molar-refractivity contribution in [2.45, 2.75) is 33.1 Å². The minimum absolute atomic E-state index is 0.148. The third-order valence-electron chi connectivity index (χ3n) is 3.37. The molecule has 0 saturated heterocycles. The first-order chi connectivity index (χ1) is 8.07. The number of carbonyl (C=O) groups is 2. The van der Waals surface area contributed by atoms with E-state index in [1.54, 1.807) is 11.5 Å². The number of aromatic nitrogens is 1. The highest BCUT2D eigenvalue weighted by Gasteiger charge is 2.30. The molecule has 4 nitrogen and oxygen atoms in total. The van der Waals surface area contributed by atoms with E-state index in [1.165, 1.54) is 0 Å². The summed E-state index contributed by atoms with van der Waals surface area (Å²) in [5.41, 5.74) is 3.03. The molecule has 1 aromatic rings. The first-order valence-electron chi connectivity index (χ1n) is 5.96. The fraction of sp³-hybridized carbons (Fsp3) is 0.538. The molecule has 0 unspecified atom stereocenters. The first-order valence-corrected chi connectivity index (χ1v) is 5.96. The van der Waals surface area contributed by atoms with Crippen LogP contribution in [0, 0.1) is 6.92 Å². The van der Waals surface area contributed by atoms with Gasteiger partial charge >= 0.3 is 5.97 Å². The van der Waals surface area contributed by atoms with Gasteiger partial charge in [0, 0.05) is 24.7 Å². The Morgan fingerprint density at radius 2 is 2.12 bits per heavy atom. The molecule has 4 heteroatoms. The predicted octanol–water partition coefficient (Wildman–Crippen LogP) is 2.03. The Balaban J connectivity index is 2.57. The molecule has 0 aromatic carbocycles. The Morgan fingerprint density at radius 1 is 1.41 bits per heavy atom. The summed E-state index contributed by atoms with van der Waals surface area (Å²) in [5, 5.41) is 0. The van der Waals surface area contributed by atoms with Crippen LogP contribution >= 0.6 is 0 Å². The third kappa shape index (κ3) is 1.77. The summed E-state index contributed by atoms with van der Waals surface area (Å²) in [5.74, 6) is -0.177. The summed E-state index contributed by atoms with van der Waals surface area (Å²) in [6.45, 7) is 4.02. The summed E-state index contributed by atoms with van der Waals surface area (Å²) >= 11 is 0. The Bertz CT molecular complexity index is 485. The second-order valence-corrected chi connectivity index (χ2v) is 4.34. The van der Waals surface area contributed by atoms with Gasteiger partial charge in [0.15, 0.2) is 5.78 Å². The van der Waals surface area contributed by atoms with Gasteiger partial charge in [-0.2, -0.15) is 0 Å². The number of Topliss-reactive ketones (excluding diaryl/α,β-unsaturated/α-hetero) is 1. The maximum absolute atomic E-state index is 11.9. The van der Waals surface area contributed by atoms with Gasteiger partial charge in [0.2, 0.25) is 0 Å². The number of nitrogens with zero attached hydrogens (tertiary/aromatic N) is 1. The predicted molar refractivity (Wildman–Crippen MR) is 63.4 cm³/mol. The smallest absolute Gasteiger partial charge is 0.355 e. The van der Waals surface area contributed by atoms with Crippen molar-refractivity contribution < 1.29 is 14.3 Å². The molecule has 17 heavy (non-hydrogen) atoms. The maximum atomic E-state index is 11.9. The van der Waals surface area contributed by atoms with E-state index in [1.807, 2.05) is 14.0 Å². The minimum Gasteiger partial charge on any atom is -0.461 e. The lowest BCUT2D eigenvalue weighted by Gasteiger charge is -2.11. The molecular weight excluding hydrogens is 218 g/mol. The van der Waals surface area contributed by atoms with E-state index in [9.17, 15) is 9.59 Å². The van der Waals surface area contributed by atoms with E-state index in [0.717, 1.165) is 29.7 Å². The van der Waals surface area contributed by atoms with Crippen LogP contribution in [0.4, 0.5) is 0 Å². The Labute approximate surface area is 101 Å². The van der Waals surface area contributed by atoms with E-state index in [4.69, 9.17) is 4.74 Å². The second-order valence-electron chi connectivity index (χ2n) is 4.34. The fourth-order valence-electron chi connectivity index (χ4n) is 2.50. The number of esters is 1. The SMILES string of the molecule is CCOC(=O)c1c2c(c(C)n1C)C(=O)CCC2. The number of ether oxygens (including phenoxy) is 1. The molecule has 0 bridgehead atoms. The van der Waals surface area contributed by atoms with Gasteiger partial charge in [-0.15, -0.1) is 0 Å². The number of fused-ring (bicyclic) bond motifs is 1. The largest absolute Gasteiger partial charge is 0.461 e. The van der Waals surface area contributed by atoms with Crippen molar-refractivity contribution in [2.24, 2.45) is 7.05 Å². The summed E-state index contributed by atoms with van der Waals surface area (Å²) in [7, 11) is 1.81. The van der Waals surface area contributed by atoms with E-state index in [0.29, 0.717) is 18.7 Å². The Morgan fingerprint density at radius 3 is 2.76 bits per heavy atom. The number of hydrogen-bond acceptors (Lipinski definition) is 3. The fourth-order valence-corrected chi connectivity index (χ4v) is 2.50. The molecule has 1 aromatic heterocycles. The molecule has 0 fully saturated rings. The van der Waals surface area contributed by atoms with Gasteiger partial charge in [-0.3, -0.25) is 4.79 Å². The van der Waals surface area contributed by atoms with Gasteiger partial charge in [-0.1, -0.05) is 0 Å². The normalized spacial score (nSPS) is 14.6. The van der Waals surface area contributed by atoms with E-state index in [-0.39, 0.29) is 11.8 Å². The number of rotatable bonds is 2. The van der Waals surface area contributed by atoms with Crippen LogP contribution in [-0.2, 0) is 18.2 Å². The van der Waals surface area contributed by atoms with Crippen molar-refractivity contribution in [3.8, 4) is 0 Å². The monoisotopic (exact) mass is 235 g/mol. The van der Waals surface area contributed by atoms with Crippen LogP contribution in [0.15, 0.2) is 0 Å². The molecule has 0 atom stereocenters. The average molecular weight is 235 g/mol. The summed E-state index contributed by atoms with van der Waals surface area (Å²) in [6, 6.07) is 0. The molecule has 0 N–H and O–H groups in total. The highest BCUT2D eigenvalue weighted by Crippen LogP contribution is 2.29. The quantitative estimate of drug-likeness (QED) is 0.737. The van der Waals surface area contributed by atoms with Crippen LogP contribution in [0.5, 0.6) is 0 Å². The maximum Gasteiger partial charge on any atom is 0.355 e. The second kappa shape index (κ2) is 4.35. The van der Waals surface area contributed by atoms with Crippen molar-refractivity contribution in [3.05, 3.63) is 22.5 Å². The highest BCUT2D eigenvalue weighted by molar-refractivity contribution is 6.03. The molecule has 0 radical (unpaired) electrons. The standard InChI is InChI=1S/C13H17NO3/c1-4-17-13(16)12-9-6-5-7-10(15)11(9)8(2)14(12)3/h4-7H2,1-3H3. The van der Waals surface area contributed by atoms with E-state index in [2.05, 4.69) is 0 Å². The average Bonchev–Trinajstić information content (AvgIpc) is 2.53. The lowest BCUT2D eigenvalue weighted by molar-refractivity contribution is 0.0513. The van der Waals surface area contributed by atoms with Crippen LogP contribution in [0.3, 0.4) is 0 Å². The third-order valence-corrected chi connectivity index (χ3v) is 3.37. The van der Waals surface area contributed by atoms with Crippen molar-refractivity contribution in [3.63, 3.8) is 0 Å². The van der Waals surface area contributed by atoms with Crippen molar-refractivity contribution in [1.82, 2.24) is 4.57 Å². The highest BCUT2D eigenvalue weighted by atomic mass is 16.5. The first kappa shape index (κ1) is 11.9. The molecule has 92 valence electrons. The molecule has 0 saturated carbocycles. The Hall–Kier alpha value is -1.58. The topological polar surface area (TPSA) is 48.3 Å². The molecule has 0 spiro atoms. The van der Waals surface area contributed by atoms with Crippen molar-refractivity contribution in [1.29, 1.82) is 0 Å². The van der Waals surface area contributed by atoms with E-state index < -0.39 is 0 Å². The van der Waals surface area contributed by atoms with Gasteiger partial charge in [0.25, 0.3) is 0 Å². The van der Waals surface area contributed by atoms with Gasteiger partial charge in [0.05, 0.1) is 6.61 Å². The summed E-state index contributed by atoms with van der Waals surface area (Å²) < 4.78 is 6.84. The molecule has 0 aliphatic heterocycles. The van der Waals surface area contributed by atoms with Crippen molar-refractivity contribution >= 4 is 11.8 Å². The zero-order chi connectivity index (χ0) is 12.6. The van der Waals surface area contributed by atoms with Gasteiger partial charge < -0.3 is 9.30 Å². The number of hydrogen-bond donors (Lipinski definition) is 0. The molecular formula is C13H17NO3. The van der Waals surface area contributed by atoms with Crippen LogP contribution < -0.4 is 0 Å². The molecule has 2 rings (SSSR count). The number of ketones is 1. The lowest BCUT2D eigenvalue weighted by Crippen LogP contribution is -2.14. The van der Waals surface area contributed by atoms with Crippen LogP contribution in [0.2, 0.25) is 0 Å². The molecule has 1 aliphatic carbocycles. The molecule has 1 heterocycles. The zero-order valence-corrected chi connectivity index (χ0v) is 10.5. The van der Waals surface area contributed by atoms with Crippen LogP contribution in [0.25, 0.3) is 0 Å². The van der Waals surface area contributed by atoms with Gasteiger partial charge in [-0.05, 0) is 32.3 Å². The zero-order valence-electron chi connectivity index (χ0n) is 10.5. The van der Waals surface area contributed by atoms with Gasteiger partial charge in [0.1, 0.15) is 5.69 Å². The molecule has 1 aliphatic rings. The Kier molecular flexibility index (Phi) is 3.05. The van der Waals surface area contributed by atoms with Crippen molar-refractivity contribution in [2.75, 3.05) is 6.61 Å². The minimum atomic E-state index is -0.325. The summed E-state index contributed by atoms with van der Waals surface area (Å²) in [4.78, 5) is 23.8. The molecule has 0 amide bonds. The number of carbonyl (C=O) groups excluding carboxylic acids is 2.